The molecule has 0 aliphatic carbocycles. The monoisotopic (exact) mass is 275 g/mol. The Labute approximate surface area is 111 Å². The molecule has 2 rings (SSSR count). The lowest BCUT2D eigenvalue weighted by Crippen LogP contribution is -2.60. The molecule has 0 spiro atoms. The van der Waals surface area contributed by atoms with Crippen LogP contribution in [0, 0.1) is 0 Å². The molecule has 6 nitrogen and oxygen atoms in total. The number of nitrogens with zero attached hydrogens (tertiary/aromatic N) is 1. The molecule has 0 saturated carbocycles. The minimum atomic E-state index is -0.876. The van der Waals surface area contributed by atoms with Gasteiger partial charge in [-0.3, -0.25) is 4.99 Å². The first-order valence-electron chi connectivity index (χ1n) is 6.37. The highest BCUT2D eigenvalue weighted by molar-refractivity contribution is 8.14. The molecule has 0 aromatic carbocycles. The van der Waals surface area contributed by atoms with Crippen molar-refractivity contribution in [1.82, 2.24) is 10.6 Å². The molecule has 5 unspecified atom stereocenters. The smallest absolute Gasteiger partial charge is 0.159 e. The number of aliphatic hydroxyl groups is 2. The van der Waals surface area contributed by atoms with Crippen LogP contribution < -0.4 is 10.6 Å². The van der Waals surface area contributed by atoms with E-state index in [9.17, 15) is 10.2 Å². The summed E-state index contributed by atoms with van der Waals surface area (Å²) in [7, 11) is 0. The molecule has 0 amide bonds. The zero-order valence-electron chi connectivity index (χ0n) is 10.7. The number of aliphatic imine (C=N–C) groups is 1. The van der Waals surface area contributed by atoms with Gasteiger partial charge in [0.2, 0.25) is 0 Å². The fourth-order valence-corrected chi connectivity index (χ4v) is 3.36. The van der Waals surface area contributed by atoms with E-state index in [2.05, 4.69) is 15.6 Å². The Morgan fingerprint density at radius 1 is 1.39 bits per heavy atom. The lowest BCUT2D eigenvalue weighted by Gasteiger charge is -2.39. The molecule has 18 heavy (non-hydrogen) atoms. The van der Waals surface area contributed by atoms with Gasteiger partial charge < -0.3 is 25.6 Å². The number of ether oxygens (including phenoxy) is 1. The molecule has 0 bridgehead atoms. The van der Waals surface area contributed by atoms with Crippen molar-refractivity contribution in [3.63, 3.8) is 0 Å². The zero-order valence-corrected chi connectivity index (χ0v) is 11.5. The van der Waals surface area contributed by atoms with Crippen molar-refractivity contribution in [2.24, 2.45) is 4.99 Å². The fourth-order valence-electron chi connectivity index (χ4n) is 2.15. The minimum absolute atomic E-state index is 0.183. The molecule has 5 atom stereocenters. The predicted molar refractivity (Wildman–Crippen MR) is 71.7 cm³/mol. The van der Waals surface area contributed by atoms with Crippen molar-refractivity contribution in [1.29, 1.82) is 0 Å². The van der Waals surface area contributed by atoms with Gasteiger partial charge in [0, 0.05) is 13.1 Å². The highest BCUT2D eigenvalue weighted by atomic mass is 32.2. The Morgan fingerprint density at radius 2 is 2.17 bits per heavy atom. The van der Waals surface area contributed by atoms with Crippen LogP contribution in [-0.2, 0) is 4.74 Å². The lowest BCUT2D eigenvalue weighted by atomic mass is 9.98. The largest absolute Gasteiger partial charge is 0.388 e. The summed E-state index contributed by atoms with van der Waals surface area (Å²) in [4.78, 5) is 4.27. The van der Waals surface area contributed by atoms with Crippen LogP contribution in [-0.4, -0.2) is 64.8 Å². The number of hydrogen-bond donors (Lipinski definition) is 4. The summed E-state index contributed by atoms with van der Waals surface area (Å²) in [6.45, 7) is 5.99. The molecular weight excluding hydrogens is 254 g/mol. The number of nitrogens with one attached hydrogen (secondary N) is 2. The van der Waals surface area contributed by atoms with E-state index in [1.807, 2.05) is 13.8 Å². The lowest BCUT2D eigenvalue weighted by molar-refractivity contribution is -0.153. The molecule has 0 aromatic heterocycles. The number of likely N-dealkylation sites (N-methyl/N-ethyl adjacent to an activating group) is 1. The molecule has 2 saturated heterocycles. The highest BCUT2D eigenvalue weighted by Crippen LogP contribution is 2.33. The number of amidine groups is 1. The SMILES string of the molecule is CCN=C1NC2C(OC(CNCC)C(O)C2O)S1. The molecule has 0 aromatic rings. The van der Waals surface area contributed by atoms with E-state index < -0.39 is 12.2 Å². The van der Waals surface area contributed by atoms with E-state index in [-0.39, 0.29) is 17.6 Å². The molecule has 2 aliphatic heterocycles. The third-order valence-corrected chi connectivity index (χ3v) is 4.22. The van der Waals surface area contributed by atoms with Gasteiger partial charge >= 0.3 is 0 Å². The van der Waals surface area contributed by atoms with Crippen molar-refractivity contribution < 1.29 is 14.9 Å². The molecule has 7 heteroatoms. The molecular formula is C11H21N3O3S. The molecule has 4 N–H and O–H groups in total. The second-order valence-electron chi connectivity index (χ2n) is 4.40. The summed E-state index contributed by atoms with van der Waals surface area (Å²) < 4.78 is 5.82. The van der Waals surface area contributed by atoms with E-state index in [1.165, 1.54) is 11.8 Å². The van der Waals surface area contributed by atoms with Gasteiger partial charge in [-0.25, -0.2) is 0 Å². The summed E-state index contributed by atoms with van der Waals surface area (Å²) in [6.07, 6.45) is -2.08. The average Bonchev–Trinajstić information content (AvgIpc) is 2.75. The maximum Gasteiger partial charge on any atom is 0.159 e. The highest BCUT2D eigenvalue weighted by Gasteiger charge is 2.48. The van der Waals surface area contributed by atoms with Gasteiger partial charge in [-0.15, -0.1) is 0 Å². The van der Waals surface area contributed by atoms with Crippen LogP contribution >= 0.6 is 11.8 Å². The molecule has 2 fully saturated rings. The van der Waals surface area contributed by atoms with E-state index in [1.54, 1.807) is 0 Å². The normalized spacial score (nSPS) is 41.8. The van der Waals surface area contributed by atoms with Crippen molar-refractivity contribution in [2.45, 2.75) is 43.6 Å². The molecule has 2 aliphatic rings. The number of rotatable bonds is 4. The van der Waals surface area contributed by atoms with Crippen LogP contribution in [0.15, 0.2) is 4.99 Å². The summed E-state index contributed by atoms with van der Waals surface area (Å²) in [5.74, 6) is 0. The summed E-state index contributed by atoms with van der Waals surface area (Å²) in [5, 5.41) is 27.2. The predicted octanol–water partition coefficient (Wildman–Crippen LogP) is -0.876. The quantitative estimate of drug-likeness (QED) is 0.533. The number of fused-ring (bicyclic) bond motifs is 1. The van der Waals surface area contributed by atoms with Gasteiger partial charge in [-0.1, -0.05) is 18.7 Å². The Morgan fingerprint density at radius 3 is 2.83 bits per heavy atom. The van der Waals surface area contributed by atoms with Gasteiger partial charge in [-0.05, 0) is 13.5 Å². The van der Waals surface area contributed by atoms with Crippen LogP contribution in [0.1, 0.15) is 13.8 Å². The Hall–Kier alpha value is -0.340. The second-order valence-corrected chi connectivity index (χ2v) is 5.49. The first kappa shape index (κ1) is 14.1. The van der Waals surface area contributed by atoms with Crippen molar-refractivity contribution in [3.05, 3.63) is 0 Å². The Bertz CT molecular complexity index is 316. The van der Waals surface area contributed by atoms with E-state index >= 15 is 0 Å². The Balaban J connectivity index is 2.02. The van der Waals surface area contributed by atoms with Crippen LogP contribution in [0.2, 0.25) is 0 Å². The zero-order chi connectivity index (χ0) is 13.1. The summed E-state index contributed by atoms with van der Waals surface area (Å²) in [5.41, 5.74) is -0.183. The van der Waals surface area contributed by atoms with Crippen molar-refractivity contribution >= 4 is 16.9 Å². The third kappa shape index (κ3) is 2.80. The van der Waals surface area contributed by atoms with Crippen LogP contribution in [0.25, 0.3) is 0 Å². The van der Waals surface area contributed by atoms with Gasteiger partial charge in [0.15, 0.2) is 5.17 Å². The second kappa shape index (κ2) is 6.21. The summed E-state index contributed by atoms with van der Waals surface area (Å²) >= 11 is 1.48. The van der Waals surface area contributed by atoms with E-state index in [0.717, 1.165) is 11.7 Å². The van der Waals surface area contributed by atoms with Crippen molar-refractivity contribution in [3.8, 4) is 0 Å². The number of aliphatic hydroxyl groups excluding tert-OH is 2. The molecule has 104 valence electrons. The van der Waals surface area contributed by atoms with E-state index in [0.29, 0.717) is 13.1 Å². The maximum absolute atomic E-state index is 10.1. The van der Waals surface area contributed by atoms with E-state index in [4.69, 9.17) is 4.74 Å². The molecule has 0 radical (unpaired) electrons. The number of thioether (sulfide) groups is 1. The maximum atomic E-state index is 10.1. The van der Waals surface area contributed by atoms with Gasteiger partial charge in [0.25, 0.3) is 0 Å². The Kier molecular flexibility index (Phi) is 4.85. The van der Waals surface area contributed by atoms with Gasteiger partial charge in [0.05, 0.1) is 6.04 Å². The van der Waals surface area contributed by atoms with Gasteiger partial charge in [0.1, 0.15) is 23.7 Å². The van der Waals surface area contributed by atoms with Crippen LogP contribution in [0.4, 0.5) is 0 Å². The standard InChI is InChI=1S/C11H21N3O3S/c1-3-12-5-6-8(15)9(16)7-10(17-6)18-11(14-7)13-4-2/h6-10,12,15-16H,3-5H2,1-2H3,(H,13,14). The average molecular weight is 275 g/mol. The van der Waals surface area contributed by atoms with Crippen molar-refractivity contribution in [2.75, 3.05) is 19.6 Å². The minimum Gasteiger partial charge on any atom is -0.388 e. The first-order valence-corrected chi connectivity index (χ1v) is 7.25. The van der Waals surface area contributed by atoms with Crippen LogP contribution in [0.3, 0.4) is 0 Å². The number of hydrogen-bond acceptors (Lipinski definition) is 6. The first-order chi connectivity index (χ1) is 8.67. The fraction of sp³-hybridized carbons (Fsp3) is 0.909. The van der Waals surface area contributed by atoms with Gasteiger partial charge in [-0.2, -0.15) is 0 Å². The third-order valence-electron chi connectivity index (χ3n) is 3.12. The molecule has 2 heterocycles. The topological polar surface area (TPSA) is 86.1 Å². The summed E-state index contributed by atoms with van der Waals surface area (Å²) in [6, 6.07) is -0.284. The van der Waals surface area contributed by atoms with Crippen LogP contribution in [0.5, 0.6) is 0 Å².